The zero-order valence-corrected chi connectivity index (χ0v) is 70.3. The number of pyridine rings is 2. The lowest BCUT2D eigenvalue weighted by Gasteiger charge is -2.33. The standard InChI is InChI=1S/C86H98N18O20/c1-13-19-51-75(113)97-101-79(117)43-27-29-45-64-46(30-28-44(63(43)64)80(101)118)82(120)102(81(45)119)98-76(114)52(20-14-2)91-73(111)61(37-41(9)10)95-69(107)57-25-18-26-58(88-57)70(108)96-62(38-42(11)12)74(112)92-54(22-16-4)78(116)100-104-85(123)49-33-31-47-65-48(32-34-50(66(49)65)86(104)124)84(122)103(83(47)121)99-77(115)53(21-15-3)90-72(110)60(36-40(7)8)94-68(106)56-24-17-23-55(87-56)67(105)93-59(35-39(5)6)71(109)89-51/h17-18,23-34,39-42,51-54,59-62H,13-16,19-22,35-38H2,1-12H3,(H,89,109)(H,90,110)(H,91,111)(H,92,112)(H,93,105)(H,94,106)(H,95,107)(H,96,108)(H,97,113)(H,98,114)(H,99,115)(H,100,116)/t51-,52-,53+,54+,59+,60-,61+,62-. The Hall–Kier alpha value is -14.1. The number of rotatable bonds is 16. The van der Waals surface area contributed by atoms with Crippen LogP contribution in [-0.2, 0) is 38.4 Å². The Bertz CT molecular complexity index is 4700. The molecule has 12 N–H and O–H groups in total. The summed E-state index contributed by atoms with van der Waals surface area (Å²) in [6, 6.07) is 5.58. The Morgan fingerprint density at radius 2 is 0.411 bits per heavy atom. The van der Waals surface area contributed by atoms with Crippen molar-refractivity contribution in [2.24, 2.45) is 23.7 Å². The molecule has 4 aromatic carbocycles. The van der Waals surface area contributed by atoms with E-state index in [1.807, 2.05) is 0 Å². The molecule has 38 nitrogen and oxygen atoms in total. The van der Waals surface area contributed by atoms with E-state index in [-0.39, 0.29) is 190 Å². The maximum atomic E-state index is 14.5. The third kappa shape index (κ3) is 19.1. The van der Waals surface area contributed by atoms with Gasteiger partial charge in [-0.15, -0.1) is 0 Å². The molecule has 0 unspecified atom stereocenters. The maximum absolute atomic E-state index is 14.5. The number of carbonyl (C=O) groups is 20. The van der Waals surface area contributed by atoms with E-state index in [1.165, 1.54) is 84.9 Å². The Balaban J connectivity index is 0.884. The molecule has 652 valence electrons. The molecule has 8 atom stereocenters. The lowest BCUT2D eigenvalue weighted by molar-refractivity contribution is -0.132. The summed E-state index contributed by atoms with van der Waals surface area (Å²) in [5, 5.41) is 22.1. The number of amides is 20. The van der Waals surface area contributed by atoms with Gasteiger partial charge in [0.1, 0.15) is 71.1 Å². The minimum Gasteiger partial charge on any atom is -0.342 e. The Morgan fingerprint density at radius 3 is 0.565 bits per heavy atom. The number of aromatic nitrogens is 2. The SMILES string of the molecule is CCC[C@@H]1NC(=O)[C@@H](CC(C)C)NC(=O)c2cccc(n2)C(=O)N[C@@H](CC(C)C)C(=O)N[C@H](CCC)C(=O)NN2C(=O)c3ccc4c5c(ccc(c35)C2=O)C(=O)N(NC(=O)[C@@H](CCC)NC(=O)[C@H](CC(C)C)NC(=O)c2cccc(n2)C(=O)N[C@H](CC(C)C)C(=O)N[C@@H](CCC)C(=O)NN2C(=O)c3ccc5c6c(ccc(c36)C2=O)C(=O)N(NC1=O)C5=O)C4=O. The molecule has 0 aliphatic carbocycles. The quantitative estimate of drug-likeness (QED) is 0.0606. The molecule has 0 spiro atoms. The van der Waals surface area contributed by atoms with Crippen molar-refractivity contribution in [3.63, 3.8) is 0 Å². The molecule has 17 heterocycles. The summed E-state index contributed by atoms with van der Waals surface area (Å²) in [4.78, 5) is 297. The van der Waals surface area contributed by atoms with Crippen molar-refractivity contribution in [3.8, 4) is 0 Å². The number of nitrogens with one attached hydrogen (secondary N) is 12. The average Bonchev–Trinajstić information content (AvgIpc) is 0.715. The summed E-state index contributed by atoms with van der Waals surface area (Å²) in [5.74, 6) is -21.6. The molecule has 20 amide bonds. The van der Waals surface area contributed by atoms with E-state index >= 15 is 0 Å². The van der Waals surface area contributed by atoms with Crippen LogP contribution in [0.5, 0.6) is 0 Å². The lowest BCUT2D eigenvalue weighted by atomic mass is 9.86. The number of imide groups is 4. The van der Waals surface area contributed by atoms with Gasteiger partial charge in [0.25, 0.3) is 94.5 Å². The smallest absolute Gasteiger partial charge is 0.280 e. The van der Waals surface area contributed by atoms with Gasteiger partial charge in [-0.05, 0) is 148 Å². The van der Waals surface area contributed by atoms with Gasteiger partial charge in [-0.1, -0.05) is 121 Å². The zero-order valence-electron chi connectivity index (χ0n) is 70.3. The monoisotopic (exact) mass is 1700 g/mol. The fourth-order valence-electron chi connectivity index (χ4n) is 15.3. The second-order valence-corrected chi connectivity index (χ2v) is 32.7. The van der Waals surface area contributed by atoms with E-state index in [4.69, 9.17) is 0 Å². The molecular formula is C86H98N18O20. The highest BCUT2D eigenvalue weighted by atomic mass is 16.2. The number of carbonyl (C=O) groups excluding carboxylic acids is 20. The molecule has 15 aliphatic heterocycles. The number of hydrazine groups is 4. The van der Waals surface area contributed by atoms with Crippen LogP contribution in [0.3, 0.4) is 0 Å². The van der Waals surface area contributed by atoms with Crippen molar-refractivity contribution in [2.75, 3.05) is 0 Å². The van der Waals surface area contributed by atoms with Crippen LogP contribution >= 0.6 is 0 Å². The topological polar surface area (TPSA) is 524 Å². The predicted octanol–water partition coefficient (Wildman–Crippen LogP) is 4.12. The molecular weight excluding hydrogens is 1610 g/mol. The van der Waals surface area contributed by atoms with Gasteiger partial charge < -0.3 is 42.5 Å². The fraction of sp³-hybridized carbons (Fsp3) is 0.419. The number of hydrogen-bond donors (Lipinski definition) is 12. The third-order valence-electron chi connectivity index (χ3n) is 21.3. The van der Waals surface area contributed by atoms with Gasteiger partial charge in [-0.3, -0.25) is 118 Å². The van der Waals surface area contributed by atoms with Crippen molar-refractivity contribution in [3.05, 3.63) is 152 Å². The Morgan fingerprint density at radius 1 is 0.242 bits per heavy atom. The molecule has 15 aliphatic rings. The largest absolute Gasteiger partial charge is 0.342 e. The summed E-state index contributed by atoms with van der Waals surface area (Å²) >= 11 is 0. The van der Waals surface area contributed by atoms with Gasteiger partial charge in [-0.25, -0.2) is 9.97 Å². The molecule has 124 heavy (non-hydrogen) atoms. The van der Waals surface area contributed by atoms with Gasteiger partial charge in [0.15, 0.2) is 0 Å². The van der Waals surface area contributed by atoms with Crippen LogP contribution in [0.1, 0.15) is 285 Å². The maximum Gasteiger partial charge on any atom is 0.280 e. The molecule has 0 radical (unpaired) electrons. The highest BCUT2D eigenvalue weighted by Crippen LogP contribution is 2.40. The Kier molecular flexibility index (Phi) is 28.0. The summed E-state index contributed by atoms with van der Waals surface area (Å²) in [6.45, 7) is 20.7. The first-order valence-corrected chi connectivity index (χ1v) is 41.3. The Labute approximate surface area is 711 Å². The molecule has 0 fully saturated rings. The van der Waals surface area contributed by atoms with E-state index in [2.05, 4.69) is 74.2 Å². The highest BCUT2D eigenvalue weighted by Gasteiger charge is 2.46. The normalized spacial score (nSPS) is 21.5. The van der Waals surface area contributed by atoms with Crippen LogP contribution in [0.4, 0.5) is 0 Å². The van der Waals surface area contributed by atoms with Crippen molar-refractivity contribution in [1.29, 1.82) is 0 Å². The zero-order chi connectivity index (χ0) is 90.3. The van der Waals surface area contributed by atoms with Crippen LogP contribution in [0.25, 0.3) is 21.5 Å². The van der Waals surface area contributed by atoms with Crippen molar-refractivity contribution >= 4 is 140 Å². The summed E-state index contributed by atoms with van der Waals surface area (Å²) in [5.41, 5.74) is 5.83. The second kappa shape index (κ2) is 38.3. The number of benzene rings is 4. The van der Waals surface area contributed by atoms with Gasteiger partial charge in [-0.2, -0.15) is 20.0 Å². The van der Waals surface area contributed by atoms with E-state index in [1.54, 1.807) is 83.1 Å². The van der Waals surface area contributed by atoms with Gasteiger partial charge in [0, 0.05) is 21.5 Å². The van der Waals surface area contributed by atoms with Crippen LogP contribution in [0.2, 0.25) is 0 Å². The first-order chi connectivity index (χ1) is 58.9. The third-order valence-corrected chi connectivity index (χ3v) is 21.3. The van der Waals surface area contributed by atoms with E-state index in [0.717, 1.165) is 0 Å². The minimum atomic E-state index is -1.47. The van der Waals surface area contributed by atoms with Crippen molar-refractivity contribution in [1.82, 2.24) is 94.2 Å². The first kappa shape index (κ1) is 90.7. The second-order valence-electron chi connectivity index (χ2n) is 32.7. The van der Waals surface area contributed by atoms with Crippen LogP contribution in [-0.4, -0.2) is 196 Å². The van der Waals surface area contributed by atoms with Crippen LogP contribution in [0, 0.1) is 23.7 Å². The molecule has 6 aromatic rings. The van der Waals surface area contributed by atoms with Gasteiger partial charge in [0.2, 0.25) is 23.6 Å². The molecule has 38 heteroatoms. The van der Waals surface area contributed by atoms with Crippen molar-refractivity contribution < 1.29 is 95.9 Å². The molecule has 0 saturated carbocycles. The summed E-state index contributed by atoms with van der Waals surface area (Å²) in [7, 11) is 0. The van der Waals surface area contributed by atoms with Crippen molar-refractivity contribution in [2.45, 2.75) is 208 Å². The van der Waals surface area contributed by atoms with Crippen LogP contribution < -0.4 is 64.2 Å². The average molecular weight is 1700 g/mol. The molecule has 0 saturated heterocycles. The van der Waals surface area contributed by atoms with Gasteiger partial charge >= 0.3 is 0 Å². The van der Waals surface area contributed by atoms with Crippen LogP contribution in [0.15, 0.2) is 84.9 Å². The van der Waals surface area contributed by atoms with E-state index in [9.17, 15) is 95.9 Å². The van der Waals surface area contributed by atoms with E-state index in [0.29, 0.717) is 20.0 Å². The minimum absolute atomic E-state index is 0.0281. The molecule has 2 aromatic heterocycles. The van der Waals surface area contributed by atoms with E-state index < -0.39 is 166 Å². The summed E-state index contributed by atoms with van der Waals surface area (Å²) in [6.07, 6.45) is 0.578. The molecule has 21 rings (SSSR count). The summed E-state index contributed by atoms with van der Waals surface area (Å²) < 4.78 is 0. The molecule has 20 bridgehead atoms. The number of hydrogen-bond acceptors (Lipinski definition) is 22. The lowest BCUT2D eigenvalue weighted by Crippen LogP contribution is -2.59. The number of nitrogens with zero attached hydrogens (tertiary/aromatic N) is 6. The predicted molar refractivity (Wildman–Crippen MR) is 441 cm³/mol. The first-order valence-electron chi connectivity index (χ1n) is 41.3. The fourth-order valence-corrected chi connectivity index (χ4v) is 15.3. The van der Waals surface area contributed by atoms with Gasteiger partial charge in [0.05, 0.1) is 44.5 Å². The highest BCUT2D eigenvalue weighted by molar-refractivity contribution is 6.35.